The smallest absolute Gasteiger partial charge is 0.351 e. The standard InChI is InChI=1S/C27H27F3N6O2/c1-16-10-11-21(32-24(37)17-6-5-7-19(12-17)27(28,29)30)13-22(16)36-15-18-14-31-25(33-20-8-3-4-9-20)34-23(18)35(2)26(36)38/h5-7,10-14,20H,3-4,8-9,15H2,1-2H3,(H,32,37)(H,31,33,34). The van der Waals surface area contributed by atoms with Gasteiger partial charge < -0.3 is 10.6 Å². The lowest BCUT2D eigenvalue weighted by atomic mass is 10.1. The van der Waals surface area contributed by atoms with Gasteiger partial charge in [-0.2, -0.15) is 18.2 Å². The summed E-state index contributed by atoms with van der Waals surface area (Å²) in [4.78, 5) is 38.1. The molecule has 11 heteroatoms. The van der Waals surface area contributed by atoms with Crippen LogP contribution in [0, 0.1) is 6.92 Å². The zero-order chi connectivity index (χ0) is 27.0. The van der Waals surface area contributed by atoms with Crippen molar-refractivity contribution in [2.75, 3.05) is 27.5 Å². The molecule has 2 aromatic carbocycles. The number of nitrogens with zero attached hydrogens (tertiary/aromatic N) is 4. The molecule has 0 bridgehead atoms. The van der Waals surface area contributed by atoms with E-state index in [1.807, 2.05) is 6.92 Å². The SMILES string of the molecule is Cc1ccc(NC(=O)c2cccc(C(F)(F)F)c2)cc1N1Cc2cnc(NC3CCCC3)nc2N(C)C1=O. The number of nitrogens with one attached hydrogen (secondary N) is 2. The maximum Gasteiger partial charge on any atom is 0.416 e. The van der Waals surface area contributed by atoms with Gasteiger partial charge in [-0.1, -0.05) is 25.0 Å². The van der Waals surface area contributed by atoms with Gasteiger partial charge in [0.15, 0.2) is 0 Å². The molecule has 1 aromatic heterocycles. The van der Waals surface area contributed by atoms with Crippen LogP contribution in [-0.4, -0.2) is 35.0 Å². The van der Waals surface area contributed by atoms with E-state index in [2.05, 4.69) is 20.6 Å². The second-order valence-corrected chi connectivity index (χ2v) is 9.63. The molecule has 3 aromatic rings. The first-order valence-electron chi connectivity index (χ1n) is 12.4. The van der Waals surface area contributed by atoms with Crippen molar-refractivity contribution in [2.24, 2.45) is 0 Å². The van der Waals surface area contributed by atoms with Gasteiger partial charge in [-0.3, -0.25) is 14.6 Å². The van der Waals surface area contributed by atoms with E-state index in [1.165, 1.54) is 29.9 Å². The lowest BCUT2D eigenvalue weighted by Gasteiger charge is -2.35. The molecule has 0 unspecified atom stereocenters. The molecule has 1 fully saturated rings. The Morgan fingerprint density at radius 3 is 2.61 bits per heavy atom. The van der Waals surface area contributed by atoms with E-state index in [0.717, 1.165) is 36.1 Å². The molecule has 0 spiro atoms. The number of amides is 3. The van der Waals surface area contributed by atoms with Crippen LogP contribution in [0.15, 0.2) is 48.7 Å². The molecule has 0 saturated heterocycles. The highest BCUT2D eigenvalue weighted by atomic mass is 19.4. The van der Waals surface area contributed by atoms with Crippen molar-refractivity contribution >= 4 is 35.1 Å². The minimum absolute atomic E-state index is 0.121. The number of fused-ring (bicyclic) bond motifs is 1. The van der Waals surface area contributed by atoms with Crippen molar-refractivity contribution in [2.45, 2.75) is 51.4 Å². The van der Waals surface area contributed by atoms with Crippen LogP contribution in [0.3, 0.4) is 0 Å². The fourth-order valence-corrected chi connectivity index (χ4v) is 4.84. The number of aryl methyl sites for hydroxylation is 1. The van der Waals surface area contributed by atoms with Crippen molar-refractivity contribution in [3.05, 3.63) is 70.9 Å². The van der Waals surface area contributed by atoms with E-state index >= 15 is 0 Å². The quantitative estimate of drug-likeness (QED) is 0.428. The number of aromatic nitrogens is 2. The van der Waals surface area contributed by atoms with Crippen LogP contribution in [0.4, 0.5) is 41.1 Å². The van der Waals surface area contributed by atoms with Crippen LogP contribution >= 0.6 is 0 Å². The first-order chi connectivity index (χ1) is 18.1. The Kier molecular flexibility index (Phi) is 6.68. The molecule has 2 heterocycles. The Morgan fingerprint density at radius 1 is 1.11 bits per heavy atom. The number of alkyl halides is 3. The molecular formula is C27H27F3N6O2. The molecule has 0 atom stereocenters. The summed E-state index contributed by atoms with van der Waals surface area (Å²) in [5.74, 6) is 0.349. The minimum atomic E-state index is -4.55. The van der Waals surface area contributed by atoms with Gasteiger partial charge in [0.1, 0.15) is 5.82 Å². The van der Waals surface area contributed by atoms with Crippen LogP contribution < -0.4 is 20.4 Å². The summed E-state index contributed by atoms with van der Waals surface area (Å²) in [7, 11) is 1.65. The molecule has 2 N–H and O–H groups in total. The number of hydrogen-bond acceptors (Lipinski definition) is 5. The summed E-state index contributed by atoms with van der Waals surface area (Å²) in [6, 6.07) is 9.28. The number of carbonyl (C=O) groups excluding carboxylic acids is 2. The van der Waals surface area contributed by atoms with E-state index in [4.69, 9.17) is 0 Å². The molecule has 38 heavy (non-hydrogen) atoms. The molecule has 8 nitrogen and oxygen atoms in total. The minimum Gasteiger partial charge on any atom is -0.351 e. The highest BCUT2D eigenvalue weighted by Gasteiger charge is 2.33. The van der Waals surface area contributed by atoms with Gasteiger partial charge in [0.2, 0.25) is 5.95 Å². The van der Waals surface area contributed by atoms with E-state index in [0.29, 0.717) is 29.2 Å². The Bertz CT molecular complexity index is 1390. The van der Waals surface area contributed by atoms with Crippen molar-refractivity contribution < 1.29 is 22.8 Å². The number of carbonyl (C=O) groups is 2. The van der Waals surface area contributed by atoms with Gasteiger partial charge in [0, 0.05) is 36.1 Å². The van der Waals surface area contributed by atoms with Crippen LogP contribution in [0.2, 0.25) is 0 Å². The summed E-state index contributed by atoms with van der Waals surface area (Å²) in [6.45, 7) is 2.07. The van der Waals surface area contributed by atoms with Gasteiger partial charge in [0.25, 0.3) is 5.91 Å². The average molecular weight is 525 g/mol. The summed E-state index contributed by atoms with van der Waals surface area (Å²) >= 11 is 0. The molecule has 5 rings (SSSR count). The Balaban J connectivity index is 1.37. The number of benzene rings is 2. The normalized spacial score (nSPS) is 16.0. The molecule has 0 radical (unpaired) electrons. The van der Waals surface area contributed by atoms with E-state index in [9.17, 15) is 22.8 Å². The third-order valence-corrected chi connectivity index (χ3v) is 6.90. The summed E-state index contributed by atoms with van der Waals surface area (Å²) in [6.07, 6.45) is 1.65. The number of hydrogen-bond donors (Lipinski definition) is 2. The maximum absolute atomic E-state index is 13.4. The topological polar surface area (TPSA) is 90.5 Å². The summed E-state index contributed by atoms with van der Waals surface area (Å²) in [5.41, 5.74) is 1.43. The Labute approximate surface area is 217 Å². The lowest BCUT2D eigenvalue weighted by molar-refractivity contribution is -0.137. The van der Waals surface area contributed by atoms with Crippen molar-refractivity contribution in [3.8, 4) is 0 Å². The van der Waals surface area contributed by atoms with Crippen LogP contribution in [0.1, 0.15) is 52.7 Å². The molecule has 198 valence electrons. The molecule has 1 aliphatic heterocycles. The van der Waals surface area contributed by atoms with Gasteiger partial charge in [-0.25, -0.2) is 9.78 Å². The number of rotatable bonds is 5. The van der Waals surface area contributed by atoms with E-state index < -0.39 is 17.6 Å². The largest absolute Gasteiger partial charge is 0.416 e. The first kappa shape index (κ1) is 25.5. The van der Waals surface area contributed by atoms with Crippen molar-refractivity contribution in [1.29, 1.82) is 0 Å². The van der Waals surface area contributed by atoms with Gasteiger partial charge >= 0.3 is 12.2 Å². The predicted octanol–water partition coefficient (Wildman–Crippen LogP) is 5.99. The number of urea groups is 1. The zero-order valence-corrected chi connectivity index (χ0v) is 21.0. The van der Waals surface area contributed by atoms with Gasteiger partial charge in [0.05, 0.1) is 17.8 Å². The number of anilines is 4. The highest BCUT2D eigenvalue weighted by Crippen LogP contribution is 2.34. The fraction of sp³-hybridized carbons (Fsp3) is 0.333. The summed E-state index contributed by atoms with van der Waals surface area (Å²) < 4.78 is 39.2. The van der Waals surface area contributed by atoms with Crippen molar-refractivity contribution in [1.82, 2.24) is 9.97 Å². The van der Waals surface area contributed by atoms with Gasteiger partial charge in [-0.15, -0.1) is 0 Å². The average Bonchev–Trinajstić information content (AvgIpc) is 3.40. The van der Waals surface area contributed by atoms with E-state index in [-0.39, 0.29) is 18.1 Å². The third kappa shape index (κ3) is 5.13. The second-order valence-electron chi connectivity index (χ2n) is 9.63. The predicted molar refractivity (Wildman–Crippen MR) is 138 cm³/mol. The van der Waals surface area contributed by atoms with Crippen molar-refractivity contribution in [3.63, 3.8) is 0 Å². The zero-order valence-electron chi connectivity index (χ0n) is 21.0. The third-order valence-electron chi connectivity index (χ3n) is 6.90. The van der Waals surface area contributed by atoms with Crippen LogP contribution in [-0.2, 0) is 12.7 Å². The molecule has 3 amide bonds. The molecule has 2 aliphatic rings. The molecule has 1 saturated carbocycles. The Morgan fingerprint density at radius 2 is 1.87 bits per heavy atom. The lowest BCUT2D eigenvalue weighted by Crippen LogP contribution is -2.46. The highest BCUT2D eigenvalue weighted by molar-refractivity contribution is 6.07. The van der Waals surface area contributed by atoms with Crippen LogP contribution in [0.25, 0.3) is 0 Å². The fourth-order valence-electron chi connectivity index (χ4n) is 4.84. The molecule has 1 aliphatic carbocycles. The van der Waals surface area contributed by atoms with Gasteiger partial charge in [-0.05, 0) is 55.7 Å². The molecular weight excluding hydrogens is 497 g/mol. The second kappa shape index (κ2) is 9.96. The van der Waals surface area contributed by atoms with Crippen LogP contribution in [0.5, 0.6) is 0 Å². The maximum atomic E-state index is 13.4. The monoisotopic (exact) mass is 524 g/mol. The Hall–Kier alpha value is -4.15. The summed E-state index contributed by atoms with van der Waals surface area (Å²) in [5, 5.41) is 5.99. The van der Waals surface area contributed by atoms with E-state index in [1.54, 1.807) is 36.3 Å². The number of halogens is 3. The first-order valence-corrected chi connectivity index (χ1v) is 12.4.